The highest BCUT2D eigenvalue weighted by Crippen LogP contribution is 2.28. The average molecular weight is 403 g/mol. The number of halogens is 2. The zero-order chi connectivity index (χ0) is 17.1. The maximum atomic E-state index is 12.4. The first-order valence-electron chi connectivity index (χ1n) is 7.23. The number of nitrogens with zero attached hydrogens (tertiary/aromatic N) is 1. The summed E-state index contributed by atoms with van der Waals surface area (Å²) >= 11 is 9.37. The molecule has 0 spiro atoms. The van der Waals surface area contributed by atoms with Crippen LogP contribution >= 0.6 is 27.5 Å². The van der Waals surface area contributed by atoms with Crippen molar-refractivity contribution in [2.45, 2.75) is 0 Å². The van der Waals surface area contributed by atoms with Crippen LogP contribution in [0.3, 0.4) is 0 Å². The Morgan fingerprint density at radius 2 is 1.96 bits per heavy atom. The van der Waals surface area contributed by atoms with E-state index in [0.717, 1.165) is 20.9 Å². The molecule has 0 aliphatic rings. The van der Waals surface area contributed by atoms with Gasteiger partial charge in [0.25, 0.3) is 0 Å². The number of pyridine rings is 1. The van der Waals surface area contributed by atoms with Gasteiger partial charge in [0.05, 0.1) is 16.8 Å². The van der Waals surface area contributed by atoms with Crippen molar-refractivity contribution in [3.05, 3.63) is 76.2 Å². The lowest BCUT2D eigenvalue weighted by molar-refractivity contribution is 0.0552. The molecule has 0 saturated heterocycles. The van der Waals surface area contributed by atoms with Gasteiger partial charge in [0.2, 0.25) is 0 Å². The Labute approximate surface area is 153 Å². The number of carbonyl (C=O) groups excluding carboxylic acids is 1. The Bertz CT molecular complexity index is 923. The number of aromatic nitrogens is 1. The Balaban J connectivity index is 2.18. The molecule has 5 heteroatoms. The number of ether oxygens (including phenoxy) is 1. The molecule has 3 rings (SSSR count). The molecule has 1 heterocycles. The minimum Gasteiger partial charge on any atom is -0.458 e. The number of benzene rings is 2. The lowest BCUT2D eigenvalue weighted by Gasteiger charge is -2.10. The molecule has 2 aromatic carbocycles. The molecule has 1 aromatic heterocycles. The van der Waals surface area contributed by atoms with Crippen LogP contribution in [0.15, 0.2) is 65.7 Å². The molecule has 0 N–H and O–H groups in total. The molecule has 120 valence electrons. The van der Waals surface area contributed by atoms with Crippen molar-refractivity contribution in [2.24, 2.45) is 0 Å². The van der Waals surface area contributed by atoms with Gasteiger partial charge < -0.3 is 4.74 Å². The van der Waals surface area contributed by atoms with E-state index in [1.54, 1.807) is 18.2 Å². The predicted octanol–water partition coefficient (Wildman–Crippen LogP) is 5.66. The van der Waals surface area contributed by atoms with Crippen LogP contribution in [0.4, 0.5) is 0 Å². The summed E-state index contributed by atoms with van der Waals surface area (Å²) in [6.45, 7) is 3.73. The fourth-order valence-electron chi connectivity index (χ4n) is 2.35. The Hall–Kier alpha value is -2.17. The van der Waals surface area contributed by atoms with E-state index in [9.17, 15) is 4.79 Å². The second kappa shape index (κ2) is 7.16. The normalized spacial score (nSPS) is 10.6. The van der Waals surface area contributed by atoms with Crippen LogP contribution in [0, 0.1) is 0 Å². The van der Waals surface area contributed by atoms with Gasteiger partial charge in [0, 0.05) is 20.4 Å². The van der Waals surface area contributed by atoms with Gasteiger partial charge in [0.15, 0.2) is 0 Å². The monoisotopic (exact) mass is 401 g/mol. The number of rotatable bonds is 4. The van der Waals surface area contributed by atoms with Crippen LogP contribution < -0.4 is 0 Å². The van der Waals surface area contributed by atoms with Gasteiger partial charge in [-0.05, 0) is 36.4 Å². The van der Waals surface area contributed by atoms with Crippen LogP contribution in [0.25, 0.3) is 22.2 Å². The molecule has 0 aliphatic heterocycles. The number of fused-ring (bicyclic) bond motifs is 1. The first-order chi connectivity index (χ1) is 11.6. The fourth-order valence-corrected chi connectivity index (χ4v) is 2.83. The predicted molar refractivity (Wildman–Crippen MR) is 100 cm³/mol. The standard InChI is InChI=1S/C19H13BrClNO2/c1-2-9-24-19(23)16-11-18(12-3-6-14(21)7-4-12)22-17-8-5-13(20)10-15(16)17/h2-8,10-11H,1,9H2. The highest BCUT2D eigenvalue weighted by Gasteiger charge is 2.15. The maximum absolute atomic E-state index is 12.4. The summed E-state index contributed by atoms with van der Waals surface area (Å²) in [6, 6.07) is 14.7. The van der Waals surface area contributed by atoms with Crippen molar-refractivity contribution in [1.82, 2.24) is 4.98 Å². The van der Waals surface area contributed by atoms with Gasteiger partial charge in [-0.15, -0.1) is 0 Å². The van der Waals surface area contributed by atoms with Crippen LogP contribution in [-0.4, -0.2) is 17.6 Å². The molecule has 0 aliphatic carbocycles. The second-order valence-electron chi connectivity index (χ2n) is 5.11. The zero-order valence-corrected chi connectivity index (χ0v) is 15.0. The molecular formula is C19H13BrClNO2. The molecule has 0 fully saturated rings. The minimum absolute atomic E-state index is 0.160. The highest BCUT2D eigenvalue weighted by molar-refractivity contribution is 9.10. The smallest absolute Gasteiger partial charge is 0.339 e. The zero-order valence-electron chi connectivity index (χ0n) is 12.6. The summed E-state index contributed by atoms with van der Waals surface area (Å²) in [5.74, 6) is -0.407. The molecule has 24 heavy (non-hydrogen) atoms. The van der Waals surface area contributed by atoms with E-state index in [4.69, 9.17) is 16.3 Å². The van der Waals surface area contributed by atoms with E-state index in [1.807, 2.05) is 30.3 Å². The first kappa shape index (κ1) is 16.7. The van der Waals surface area contributed by atoms with E-state index < -0.39 is 5.97 Å². The minimum atomic E-state index is -0.407. The third-order valence-electron chi connectivity index (χ3n) is 3.46. The Morgan fingerprint density at radius 3 is 2.67 bits per heavy atom. The van der Waals surface area contributed by atoms with Crippen molar-refractivity contribution in [2.75, 3.05) is 6.61 Å². The second-order valence-corrected chi connectivity index (χ2v) is 6.46. The number of carbonyl (C=O) groups is 1. The van der Waals surface area contributed by atoms with Gasteiger partial charge in [0.1, 0.15) is 6.61 Å². The highest BCUT2D eigenvalue weighted by atomic mass is 79.9. The number of esters is 1. The summed E-state index contributed by atoms with van der Waals surface area (Å²) in [7, 11) is 0. The SMILES string of the molecule is C=CCOC(=O)c1cc(-c2ccc(Cl)cc2)nc2ccc(Br)cc12. The van der Waals surface area contributed by atoms with Crippen LogP contribution in [0.2, 0.25) is 5.02 Å². The third kappa shape index (κ3) is 3.50. The summed E-state index contributed by atoms with van der Waals surface area (Å²) in [4.78, 5) is 17.1. The molecule has 3 nitrogen and oxygen atoms in total. The molecule has 0 atom stereocenters. The maximum Gasteiger partial charge on any atom is 0.339 e. The van der Waals surface area contributed by atoms with Crippen LogP contribution in [0.1, 0.15) is 10.4 Å². The van der Waals surface area contributed by atoms with E-state index in [2.05, 4.69) is 27.5 Å². The van der Waals surface area contributed by atoms with Gasteiger partial charge in [-0.2, -0.15) is 0 Å². The van der Waals surface area contributed by atoms with Crippen molar-refractivity contribution in [3.8, 4) is 11.3 Å². The van der Waals surface area contributed by atoms with E-state index in [-0.39, 0.29) is 6.61 Å². The van der Waals surface area contributed by atoms with E-state index in [0.29, 0.717) is 16.3 Å². The summed E-state index contributed by atoms with van der Waals surface area (Å²) < 4.78 is 6.08. The topological polar surface area (TPSA) is 39.2 Å². The molecule has 0 saturated carbocycles. The van der Waals surface area contributed by atoms with Gasteiger partial charge in [-0.25, -0.2) is 9.78 Å². The quantitative estimate of drug-likeness (QED) is 0.417. The van der Waals surface area contributed by atoms with E-state index in [1.165, 1.54) is 6.08 Å². The van der Waals surface area contributed by atoms with Crippen LogP contribution in [0.5, 0.6) is 0 Å². The summed E-state index contributed by atoms with van der Waals surface area (Å²) in [6.07, 6.45) is 1.54. The molecule has 0 unspecified atom stereocenters. The van der Waals surface area contributed by atoms with Crippen molar-refractivity contribution >= 4 is 44.4 Å². The summed E-state index contributed by atoms with van der Waals surface area (Å²) in [5.41, 5.74) is 2.75. The molecule has 0 bridgehead atoms. The molecule has 0 amide bonds. The molecule has 0 radical (unpaired) electrons. The Kier molecular flexibility index (Phi) is 4.97. The lowest BCUT2D eigenvalue weighted by atomic mass is 10.0. The molecular weight excluding hydrogens is 390 g/mol. The fraction of sp³-hybridized carbons (Fsp3) is 0.0526. The summed E-state index contributed by atoms with van der Waals surface area (Å²) in [5, 5.41) is 1.38. The third-order valence-corrected chi connectivity index (χ3v) is 4.21. The lowest BCUT2D eigenvalue weighted by Crippen LogP contribution is -2.07. The van der Waals surface area contributed by atoms with E-state index >= 15 is 0 Å². The molecule has 3 aromatic rings. The van der Waals surface area contributed by atoms with Crippen LogP contribution in [-0.2, 0) is 4.74 Å². The Morgan fingerprint density at radius 1 is 1.21 bits per heavy atom. The van der Waals surface area contributed by atoms with Gasteiger partial charge in [-0.3, -0.25) is 0 Å². The van der Waals surface area contributed by atoms with Gasteiger partial charge in [-0.1, -0.05) is 52.3 Å². The van der Waals surface area contributed by atoms with Crippen molar-refractivity contribution in [3.63, 3.8) is 0 Å². The number of hydrogen-bond donors (Lipinski definition) is 0. The average Bonchev–Trinajstić information content (AvgIpc) is 2.59. The number of hydrogen-bond acceptors (Lipinski definition) is 3. The van der Waals surface area contributed by atoms with Gasteiger partial charge >= 0.3 is 5.97 Å². The largest absolute Gasteiger partial charge is 0.458 e. The van der Waals surface area contributed by atoms with Crippen molar-refractivity contribution < 1.29 is 9.53 Å². The first-order valence-corrected chi connectivity index (χ1v) is 8.40. The van der Waals surface area contributed by atoms with Crippen molar-refractivity contribution in [1.29, 1.82) is 0 Å².